The second-order valence-corrected chi connectivity index (χ2v) is 10.8. The van der Waals surface area contributed by atoms with Gasteiger partial charge >= 0.3 is 5.97 Å². The van der Waals surface area contributed by atoms with Crippen LogP contribution in [0.15, 0.2) is 30.3 Å². The number of likely N-dealkylation sites (tertiary alicyclic amines) is 2. The lowest BCUT2D eigenvalue weighted by molar-refractivity contribution is -0.137. The zero-order chi connectivity index (χ0) is 26.1. The Morgan fingerprint density at radius 2 is 1.84 bits per heavy atom. The van der Waals surface area contributed by atoms with Crippen molar-refractivity contribution in [2.75, 3.05) is 19.6 Å². The van der Waals surface area contributed by atoms with E-state index in [1.165, 1.54) is 23.1 Å². The molecule has 1 aliphatic carbocycles. The van der Waals surface area contributed by atoms with Gasteiger partial charge in [-0.1, -0.05) is 17.7 Å². The largest absolute Gasteiger partial charge is 0.489 e. The smallest absolute Gasteiger partial charge is 0.305 e. The third-order valence-electron chi connectivity index (χ3n) is 7.56. The van der Waals surface area contributed by atoms with E-state index in [0.29, 0.717) is 43.2 Å². The van der Waals surface area contributed by atoms with Crippen molar-refractivity contribution in [1.29, 1.82) is 0 Å². The lowest BCUT2D eigenvalue weighted by atomic mass is 10.0. The van der Waals surface area contributed by atoms with E-state index in [4.69, 9.17) is 16.3 Å². The molecule has 2 aliphatic heterocycles. The first-order valence-electron chi connectivity index (χ1n) is 13.0. The van der Waals surface area contributed by atoms with Crippen LogP contribution in [0.5, 0.6) is 5.75 Å². The molecule has 3 aliphatic rings. The minimum atomic E-state index is -0.962. The van der Waals surface area contributed by atoms with Gasteiger partial charge in [0, 0.05) is 36.8 Å². The van der Waals surface area contributed by atoms with Crippen molar-refractivity contribution in [3.63, 3.8) is 0 Å². The summed E-state index contributed by atoms with van der Waals surface area (Å²) in [6, 6.07) is 6.96. The molecule has 37 heavy (non-hydrogen) atoms. The fourth-order valence-corrected chi connectivity index (χ4v) is 5.77. The van der Waals surface area contributed by atoms with E-state index in [0.717, 1.165) is 43.4 Å². The number of ether oxygens (including phenoxy) is 1. The number of halogens is 3. The van der Waals surface area contributed by atoms with Crippen molar-refractivity contribution in [1.82, 2.24) is 9.80 Å². The summed E-state index contributed by atoms with van der Waals surface area (Å²) in [5, 5.41) is 9.58. The summed E-state index contributed by atoms with van der Waals surface area (Å²) >= 11 is 6.22. The predicted molar refractivity (Wildman–Crippen MR) is 135 cm³/mol. The van der Waals surface area contributed by atoms with Gasteiger partial charge in [-0.15, -0.1) is 0 Å². The van der Waals surface area contributed by atoms with Crippen molar-refractivity contribution in [2.45, 2.75) is 69.6 Å². The normalized spacial score (nSPS) is 22.3. The lowest BCUT2D eigenvalue weighted by Crippen LogP contribution is -2.40. The summed E-state index contributed by atoms with van der Waals surface area (Å²) < 4.78 is 35.1. The molecule has 1 N–H and O–H groups in total. The number of hydrogen-bond acceptors (Lipinski definition) is 4. The molecule has 5 rings (SSSR count). The van der Waals surface area contributed by atoms with Crippen molar-refractivity contribution in [2.24, 2.45) is 0 Å². The second kappa shape index (κ2) is 11.0. The molecule has 2 heterocycles. The molecule has 2 atom stereocenters. The molecule has 2 aromatic carbocycles. The van der Waals surface area contributed by atoms with Gasteiger partial charge in [0.1, 0.15) is 23.5 Å². The maximum absolute atomic E-state index is 15.3. The van der Waals surface area contributed by atoms with Crippen LogP contribution in [0.4, 0.5) is 8.78 Å². The van der Waals surface area contributed by atoms with Crippen molar-refractivity contribution in [3.05, 3.63) is 63.7 Å². The molecule has 0 unspecified atom stereocenters. The van der Waals surface area contributed by atoms with Crippen LogP contribution in [0.25, 0.3) is 0 Å². The highest BCUT2D eigenvalue weighted by molar-refractivity contribution is 6.31. The van der Waals surface area contributed by atoms with Gasteiger partial charge in [-0.2, -0.15) is 0 Å². The number of hydrogen-bond donors (Lipinski definition) is 1. The number of carboxylic acids is 1. The van der Waals surface area contributed by atoms with Gasteiger partial charge in [-0.3, -0.25) is 14.5 Å². The number of nitrogens with zero attached hydrogens (tertiary/aromatic N) is 2. The molecule has 2 aromatic rings. The average molecular weight is 533 g/mol. The summed E-state index contributed by atoms with van der Waals surface area (Å²) in [4.78, 5) is 28.2. The number of benzene rings is 2. The third kappa shape index (κ3) is 6.07. The van der Waals surface area contributed by atoms with Crippen molar-refractivity contribution >= 4 is 23.5 Å². The summed E-state index contributed by atoms with van der Waals surface area (Å²) in [5.74, 6) is -1.71. The van der Waals surface area contributed by atoms with Gasteiger partial charge in [0.25, 0.3) is 5.91 Å². The predicted octanol–water partition coefficient (Wildman–Crippen LogP) is 5.62. The van der Waals surface area contributed by atoms with Crippen LogP contribution in [-0.2, 0) is 11.3 Å². The van der Waals surface area contributed by atoms with E-state index in [1.807, 2.05) is 0 Å². The van der Waals surface area contributed by atoms with Crippen LogP contribution in [0, 0.1) is 11.6 Å². The third-order valence-corrected chi connectivity index (χ3v) is 7.91. The number of piperidine rings is 1. The number of carbonyl (C=O) groups is 2. The van der Waals surface area contributed by atoms with Gasteiger partial charge in [-0.25, -0.2) is 8.78 Å². The number of carbonyl (C=O) groups excluding carboxylic acids is 1. The van der Waals surface area contributed by atoms with Crippen LogP contribution >= 0.6 is 11.6 Å². The molecule has 1 saturated carbocycles. The van der Waals surface area contributed by atoms with Crippen LogP contribution in [-0.4, -0.2) is 58.6 Å². The summed E-state index contributed by atoms with van der Waals surface area (Å²) in [5.41, 5.74) is 1.68. The Morgan fingerprint density at radius 1 is 1.05 bits per heavy atom. The molecule has 2 saturated heterocycles. The summed E-state index contributed by atoms with van der Waals surface area (Å²) in [7, 11) is 0. The molecule has 0 aromatic heterocycles. The Bertz CT molecular complexity index is 1190. The Kier molecular flexibility index (Phi) is 7.67. The molecule has 6 nitrogen and oxygen atoms in total. The van der Waals surface area contributed by atoms with Crippen LogP contribution in [0.1, 0.15) is 72.3 Å². The number of amides is 1. The average Bonchev–Trinajstić information content (AvgIpc) is 3.59. The molecular weight excluding hydrogens is 502 g/mol. The molecule has 9 heteroatoms. The highest BCUT2D eigenvalue weighted by Crippen LogP contribution is 2.46. The van der Waals surface area contributed by atoms with Gasteiger partial charge < -0.3 is 14.7 Å². The van der Waals surface area contributed by atoms with E-state index in [2.05, 4.69) is 4.90 Å². The Morgan fingerprint density at radius 3 is 2.57 bits per heavy atom. The van der Waals surface area contributed by atoms with E-state index < -0.39 is 23.7 Å². The van der Waals surface area contributed by atoms with Gasteiger partial charge in [-0.05, 0) is 80.3 Å². The second-order valence-electron chi connectivity index (χ2n) is 10.4. The molecule has 0 bridgehead atoms. The molecule has 3 fully saturated rings. The quantitative estimate of drug-likeness (QED) is 0.478. The Labute approximate surface area is 220 Å². The van der Waals surface area contributed by atoms with E-state index in [1.54, 1.807) is 12.1 Å². The highest BCUT2D eigenvalue weighted by atomic mass is 35.5. The summed E-state index contributed by atoms with van der Waals surface area (Å²) in [6.45, 7) is 2.50. The molecule has 198 valence electrons. The molecule has 1 amide bonds. The van der Waals surface area contributed by atoms with Crippen molar-refractivity contribution < 1.29 is 28.2 Å². The maximum atomic E-state index is 15.3. The minimum Gasteiger partial charge on any atom is -0.489 e. The van der Waals surface area contributed by atoms with Crippen LogP contribution in [0.3, 0.4) is 0 Å². The minimum absolute atomic E-state index is 0.0113. The Balaban J connectivity index is 1.31. The van der Waals surface area contributed by atoms with E-state index >= 15 is 4.39 Å². The van der Waals surface area contributed by atoms with Gasteiger partial charge in [0.15, 0.2) is 0 Å². The van der Waals surface area contributed by atoms with Crippen LogP contribution in [0.2, 0.25) is 5.02 Å². The van der Waals surface area contributed by atoms with Gasteiger partial charge in [0.2, 0.25) is 0 Å². The topological polar surface area (TPSA) is 70.1 Å². The van der Waals surface area contributed by atoms with E-state index in [-0.39, 0.29) is 29.8 Å². The van der Waals surface area contributed by atoms with Crippen LogP contribution < -0.4 is 4.74 Å². The molecule has 0 spiro atoms. The fourth-order valence-electron chi connectivity index (χ4n) is 5.55. The first kappa shape index (κ1) is 25.9. The lowest BCUT2D eigenvalue weighted by Gasteiger charge is -2.33. The number of aliphatic carboxylic acids is 1. The van der Waals surface area contributed by atoms with E-state index in [9.17, 15) is 19.1 Å². The first-order valence-corrected chi connectivity index (χ1v) is 13.4. The fraction of sp³-hybridized carbons (Fsp3) is 0.500. The number of carboxylic acid groups (broad SMARTS) is 1. The molecule has 0 radical (unpaired) electrons. The van der Waals surface area contributed by atoms with Gasteiger partial charge in [0.05, 0.1) is 12.0 Å². The zero-order valence-corrected chi connectivity index (χ0v) is 21.4. The monoisotopic (exact) mass is 532 g/mol. The van der Waals surface area contributed by atoms with Crippen molar-refractivity contribution in [3.8, 4) is 5.75 Å². The SMILES string of the molecule is O=C(O)C[C@@H]1CCCN1C(=O)c1cc(C2CC2)c(O[C@@H]2CCCN(Cc3ccc(F)cc3Cl)C2)cc1F. The standard InChI is InChI=1S/C28H31ClF2N2O4/c29-24-11-19(30)8-7-18(24)15-32-9-2-4-21(16-32)37-26-14-25(31)23(13-22(26)17-5-6-17)28(36)33-10-1-3-20(33)12-27(34)35/h7-8,11,13-14,17,20-21H,1-6,9-10,12,15-16H2,(H,34,35)/t20-,21+/m0/s1. The first-order chi connectivity index (χ1) is 17.8. The summed E-state index contributed by atoms with van der Waals surface area (Å²) in [6.07, 6.45) is 4.69. The molecular formula is C28H31ClF2N2O4. The number of rotatable bonds is 8. The zero-order valence-electron chi connectivity index (χ0n) is 20.6. The highest BCUT2D eigenvalue weighted by Gasteiger charge is 2.35. The maximum Gasteiger partial charge on any atom is 0.305 e. The Hall–Kier alpha value is -2.71.